The van der Waals surface area contributed by atoms with Gasteiger partial charge in [-0.15, -0.1) is 0 Å². The Morgan fingerprint density at radius 3 is 2.52 bits per heavy atom. The van der Waals surface area contributed by atoms with Crippen LogP contribution in [0.2, 0.25) is 0 Å². The van der Waals surface area contributed by atoms with Crippen molar-refractivity contribution in [3.05, 3.63) is 64.1 Å². The first kappa shape index (κ1) is 26.3. The van der Waals surface area contributed by atoms with E-state index in [2.05, 4.69) is 45.9 Å². The zero-order chi connectivity index (χ0) is 24.2. The molecule has 0 amide bonds. The smallest absolute Gasteiger partial charge is 0.383 e. The highest BCUT2D eigenvalue weighted by Crippen LogP contribution is 2.35. The maximum Gasteiger partial charge on any atom is 0.383 e. The third-order valence-electron chi connectivity index (χ3n) is 4.85. The normalized spacial score (nSPS) is 11.9. The Kier molecular flexibility index (Phi) is 10.8. The van der Waals surface area contributed by atoms with Crippen molar-refractivity contribution in [3.63, 3.8) is 0 Å². The summed E-state index contributed by atoms with van der Waals surface area (Å²) in [5.41, 5.74) is 2.41. The molecular weight excluding hydrogens is 416 g/mol. The average Bonchev–Trinajstić information content (AvgIpc) is 2.75. The number of hydrogen-bond acceptors (Lipinski definition) is 5. The lowest BCUT2D eigenvalue weighted by Crippen LogP contribution is -2.15. The van der Waals surface area contributed by atoms with E-state index in [9.17, 15) is 4.79 Å². The quantitative estimate of drug-likeness (QED) is 0.179. The summed E-state index contributed by atoms with van der Waals surface area (Å²) < 4.78 is 23.2. The van der Waals surface area contributed by atoms with Gasteiger partial charge in [-0.1, -0.05) is 36.3 Å². The number of fused-ring (bicyclic) bond motifs is 1. The molecule has 33 heavy (non-hydrogen) atoms. The highest BCUT2D eigenvalue weighted by molar-refractivity contribution is 5.86. The lowest BCUT2D eigenvalue weighted by atomic mass is 10.1. The van der Waals surface area contributed by atoms with E-state index >= 15 is 0 Å². The third-order valence-corrected chi connectivity index (χ3v) is 4.85. The summed E-state index contributed by atoms with van der Waals surface area (Å²) in [7, 11) is 0. The summed E-state index contributed by atoms with van der Waals surface area (Å²) in [6.07, 6.45) is 12.1. The third kappa shape index (κ3) is 8.83. The first-order chi connectivity index (χ1) is 15.8. The van der Waals surface area contributed by atoms with Crippen LogP contribution >= 0.6 is 0 Å². The Morgan fingerprint density at radius 2 is 1.82 bits per heavy atom. The van der Waals surface area contributed by atoms with E-state index in [0.717, 1.165) is 25.7 Å². The molecule has 0 aliphatic rings. The second-order valence-corrected chi connectivity index (χ2v) is 8.57. The molecule has 0 N–H and O–H groups in total. The van der Waals surface area contributed by atoms with Gasteiger partial charge < -0.3 is 18.6 Å². The van der Waals surface area contributed by atoms with Gasteiger partial charge in [0.1, 0.15) is 17.9 Å². The first-order valence-corrected chi connectivity index (χ1v) is 11.8. The number of ether oxygens (including phenoxy) is 3. The second-order valence-electron chi connectivity index (χ2n) is 8.57. The topological polar surface area (TPSA) is 57.9 Å². The van der Waals surface area contributed by atoms with E-state index in [1.807, 2.05) is 32.1 Å². The molecule has 0 bridgehead atoms. The lowest BCUT2D eigenvalue weighted by Gasteiger charge is -2.15. The van der Waals surface area contributed by atoms with Crippen molar-refractivity contribution in [1.82, 2.24) is 0 Å². The van der Waals surface area contributed by atoms with Gasteiger partial charge in [0.15, 0.2) is 5.75 Å². The molecule has 2 aromatic rings. The summed E-state index contributed by atoms with van der Waals surface area (Å²) >= 11 is 0. The Morgan fingerprint density at radius 1 is 1.03 bits per heavy atom. The number of hydrogen-bond donors (Lipinski definition) is 0. The maximum atomic E-state index is 12.7. The summed E-state index contributed by atoms with van der Waals surface area (Å²) in [5.74, 6) is 1.15. The maximum absolute atomic E-state index is 12.7. The molecule has 0 saturated heterocycles. The van der Waals surface area contributed by atoms with E-state index < -0.39 is 5.63 Å². The van der Waals surface area contributed by atoms with Crippen molar-refractivity contribution in [1.29, 1.82) is 0 Å². The predicted octanol–water partition coefficient (Wildman–Crippen LogP) is 7.39. The minimum absolute atomic E-state index is 0.103. The largest absolute Gasteiger partial charge is 0.493 e. The SMILES string of the molecule is CCC=CCCOc1ccc2c(OCC=C(C)CCC=C(C)C)c(OC(C)C)c(=O)oc2c1. The summed E-state index contributed by atoms with van der Waals surface area (Å²) in [6.45, 7) is 13.0. The zero-order valence-electron chi connectivity index (χ0n) is 20.9. The van der Waals surface area contributed by atoms with Crippen LogP contribution in [0.4, 0.5) is 0 Å². The fraction of sp³-hybridized carbons (Fsp3) is 0.464. The first-order valence-electron chi connectivity index (χ1n) is 11.8. The van der Waals surface area contributed by atoms with E-state index in [4.69, 9.17) is 18.6 Å². The fourth-order valence-electron chi connectivity index (χ4n) is 3.19. The predicted molar refractivity (Wildman–Crippen MR) is 136 cm³/mol. The Labute approximate surface area is 197 Å². The van der Waals surface area contributed by atoms with Crippen molar-refractivity contribution >= 4 is 11.0 Å². The lowest BCUT2D eigenvalue weighted by molar-refractivity contribution is 0.216. The molecule has 0 spiro atoms. The molecule has 0 fully saturated rings. The van der Waals surface area contributed by atoms with Gasteiger partial charge in [-0.25, -0.2) is 4.79 Å². The van der Waals surface area contributed by atoms with E-state index in [-0.39, 0.29) is 11.9 Å². The molecule has 180 valence electrons. The van der Waals surface area contributed by atoms with Crippen molar-refractivity contribution in [2.75, 3.05) is 13.2 Å². The molecule has 0 atom stereocenters. The Bertz CT molecular complexity index is 1040. The van der Waals surface area contributed by atoms with Gasteiger partial charge in [0, 0.05) is 6.07 Å². The summed E-state index contributed by atoms with van der Waals surface area (Å²) in [4.78, 5) is 12.7. The van der Waals surface area contributed by atoms with Gasteiger partial charge >= 0.3 is 5.63 Å². The molecule has 0 radical (unpaired) electrons. The monoisotopic (exact) mass is 454 g/mol. The molecule has 5 nitrogen and oxygen atoms in total. The van der Waals surface area contributed by atoms with Gasteiger partial charge in [0.25, 0.3) is 0 Å². The van der Waals surface area contributed by atoms with Gasteiger partial charge in [-0.3, -0.25) is 0 Å². The number of benzene rings is 1. The van der Waals surface area contributed by atoms with Crippen LogP contribution in [0.15, 0.2) is 62.9 Å². The van der Waals surface area contributed by atoms with Gasteiger partial charge in [-0.2, -0.15) is 0 Å². The molecule has 1 aromatic heterocycles. The minimum atomic E-state index is -0.557. The number of rotatable bonds is 13. The molecule has 0 aliphatic carbocycles. The molecule has 1 heterocycles. The minimum Gasteiger partial charge on any atom is -0.493 e. The van der Waals surface area contributed by atoms with Crippen molar-refractivity contribution < 1.29 is 18.6 Å². The van der Waals surface area contributed by atoms with Crippen LogP contribution in [0.5, 0.6) is 17.2 Å². The highest BCUT2D eigenvalue weighted by Gasteiger charge is 2.19. The van der Waals surface area contributed by atoms with Gasteiger partial charge in [0.05, 0.1) is 18.1 Å². The molecule has 5 heteroatoms. The zero-order valence-corrected chi connectivity index (χ0v) is 20.9. The molecule has 1 aromatic carbocycles. The number of allylic oxidation sites excluding steroid dienone is 4. The van der Waals surface area contributed by atoms with Gasteiger partial charge in [-0.05, 0) is 78.5 Å². The fourth-order valence-corrected chi connectivity index (χ4v) is 3.19. The van der Waals surface area contributed by atoms with Crippen molar-refractivity contribution in [2.24, 2.45) is 0 Å². The Hall–Kier alpha value is -2.95. The van der Waals surface area contributed by atoms with E-state index in [1.165, 1.54) is 11.1 Å². The second kappa shape index (κ2) is 13.6. The van der Waals surface area contributed by atoms with Crippen LogP contribution in [-0.2, 0) is 0 Å². The van der Waals surface area contributed by atoms with Crippen LogP contribution in [0.25, 0.3) is 11.0 Å². The molecule has 0 unspecified atom stereocenters. The van der Waals surface area contributed by atoms with Crippen molar-refractivity contribution in [2.45, 2.75) is 73.3 Å². The summed E-state index contributed by atoms with van der Waals surface area (Å²) in [6, 6.07) is 5.44. The molecular formula is C28H38O5. The van der Waals surface area contributed by atoms with E-state index in [1.54, 1.807) is 6.07 Å². The molecule has 2 rings (SSSR count). The molecule has 0 saturated carbocycles. The Balaban J connectivity index is 2.25. The van der Waals surface area contributed by atoms with Gasteiger partial charge in [0.2, 0.25) is 5.75 Å². The standard InChI is InChI=1S/C28H38O5/c1-7-8-9-10-17-30-23-14-15-24-25(19-23)33-28(29)27(32-21(4)5)26(24)31-18-16-22(6)13-11-12-20(2)3/h8-9,12,14-16,19,21H,7,10-11,13,17-18H2,1-6H3. The van der Waals surface area contributed by atoms with Crippen LogP contribution in [0.3, 0.4) is 0 Å². The van der Waals surface area contributed by atoms with E-state index in [0.29, 0.717) is 35.7 Å². The van der Waals surface area contributed by atoms with Crippen LogP contribution < -0.4 is 19.8 Å². The average molecular weight is 455 g/mol. The van der Waals surface area contributed by atoms with Crippen LogP contribution in [-0.4, -0.2) is 19.3 Å². The summed E-state index contributed by atoms with van der Waals surface area (Å²) in [5, 5.41) is 0.680. The van der Waals surface area contributed by atoms with Crippen LogP contribution in [0.1, 0.15) is 67.2 Å². The molecule has 0 aliphatic heterocycles. The van der Waals surface area contributed by atoms with Crippen molar-refractivity contribution in [3.8, 4) is 17.2 Å². The highest BCUT2D eigenvalue weighted by atomic mass is 16.5. The van der Waals surface area contributed by atoms with Crippen LogP contribution in [0, 0.1) is 0 Å².